The SMILES string of the molecule is C1=CCC(c2nc(-c3cccc(-c4ccc(N5c6ccccc6-c6c7c(n(-c8ccccc8)c6[C@H]6C=CC=CC65)C=CCC7)cc4)c3)nc3ccccc23)C=C1. The van der Waals surface area contributed by atoms with Crippen molar-refractivity contribution < 1.29 is 0 Å². The third-order valence-corrected chi connectivity index (χ3v) is 11.9. The summed E-state index contributed by atoms with van der Waals surface area (Å²) in [5.41, 5.74) is 15.9. The van der Waals surface area contributed by atoms with Crippen LogP contribution in [0.4, 0.5) is 11.4 Å². The first-order chi connectivity index (χ1) is 27.8. The fourth-order valence-corrected chi connectivity index (χ4v) is 9.39. The molecule has 0 amide bonds. The molecule has 5 aromatic carbocycles. The summed E-state index contributed by atoms with van der Waals surface area (Å²) in [6.45, 7) is 0. The molecular weight excluding hydrogens is 681 g/mol. The zero-order chi connectivity index (χ0) is 37.0. The van der Waals surface area contributed by atoms with Gasteiger partial charge in [0.25, 0.3) is 0 Å². The summed E-state index contributed by atoms with van der Waals surface area (Å²) >= 11 is 0. The fourth-order valence-electron chi connectivity index (χ4n) is 9.39. The van der Waals surface area contributed by atoms with Crippen LogP contribution in [0, 0.1) is 0 Å². The van der Waals surface area contributed by atoms with E-state index in [1.807, 2.05) is 0 Å². The fraction of sp³-hybridized carbons (Fsp3) is 0.115. The van der Waals surface area contributed by atoms with Gasteiger partial charge in [0.2, 0.25) is 0 Å². The Labute approximate surface area is 327 Å². The molecule has 0 bridgehead atoms. The van der Waals surface area contributed by atoms with E-state index in [4.69, 9.17) is 9.97 Å². The minimum atomic E-state index is 0.0909. The van der Waals surface area contributed by atoms with Crippen molar-refractivity contribution in [3.8, 4) is 39.3 Å². The predicted octanol–water partition coefficient (Wildman–Crippen LogP) is 12.7. The summed E-state index contributed by atoms with van der Waals surface area (Å²) in [4.78, 5) is 12.9. The lowest BCUT2D eigenvalue weighted by molar-refractivity contribution is 0.668. The van der Waals surface area contributed by atoms with Crippen molar-refractivity contribution in [2.45, 2.75) is 37.1 Å². The number of para-hydroxylation sites is 3. The van der Waals surface area contributed by atoms with Gasteiger partial charge in [0.15, 0.2) is 5.82 Å². The molecule has 0 saturated heterocycles. The normalized spacial score (nSPS) is 19.0. The van der Waals surface area contributed by atoms with Crippen LogP contribution in [-0.4, -0.2) is 20.6 Å². The van der Waals surface area contributed by atoms with Gasteiger partial charge in [-0.15, -0.1) is 0 Å². The van der Waals surface area contributed by atoms with E-state index in [1.54, 1.807) is 0 Å². The van der Waals surface area contributed by atoms with Crippen molar-refractivity contribution in [1.82, 2.24) is 14.5 Å². The van der Waals surface area contributed by atoms with Crippen LogP contribution < -0.4 is 4.90 Å². The van der Waals surface area contributed by atoms with Gasteiger partial charge in [-0.2, -0.15) is 0 Å². The largest absolute Gasteiger partial charge is 0.333 e. The molecule has 2 unspecified atom stereocenters. The van der Waals surface area contributed by atoms with Crippen LogP contribution in [0.3, 0.4) is 0 Å². The van der Waals surface area contributed by atoms with Crippen molar-refractivity contribution >= 4 is 28.4 Å². The molecule has 0 fully saturated rings. The smallest absolute Gasteiger partial charge is 0.160 e. The predicted molar refractivity (Wildman–Crippen MR) is 232 cm³/mol. The Kier molecular flexibility index (Phi) is 7.87. The average Bonchev–Trinajstić information content (AvgIpc) is 3.56. The molecule has 0 radical (unpaired) electrons. The van der Waals surface area contributed by atoms with Gasteiger partial charge in [0.05, 0.1) is 17.3 Å². The number of nitrogens with zero attached hydrogens (tertiary/aromatic N) is 4. The van der Waals surface area contributed by atoms with Crippen molar-refractivity contribution in [1.29, 1.82) is 0 Å². The molecule has 2 aromatic heterocycles. The molecule has 0 N–H and O–H groups in total. The van der Waals surface area contributed by atoms with E-state index in [0.717, 1.165) is 58.4 Å². The Morgan fingerprint density at radius 3 is 2.30 bits per heavy atom. The van der Waals surface area contributed by atoms with Crippen LogP contribution in [0.1, 0.15) is 47.3 Å². The molecule has 11 rings (SSSR count). The summed E-state index contributed by atoms with van der Waals surface area (Å²) in [6.07, 6.45) is 25.7. The van der Waals surface area contributed by atoms with Crippen LogP contribution in [0.5, 0.6) is 0 Å². The zero-order valence-corrected chi connectivity index (χ0v) is 31.0. The van der Waals surface area contributed by atoms with Crippen LogP contribution >= 0.6 is 0 Å². The van der Waals surface area contributed by atoms with Gasteiger partial charge in [-0.3, -0.25) is 0 Å². The lowest BCUT2D eigenvalue weighted by atomic mass is 9.87. The molecular formula is C52H40N4. The molecule has 3 aliphatic carbocycles. The van der Waals surface area contributed by atoms with Crippen LogP contribution in [-0.2, 0) is 6.42 Å². The summed E-state index contributed by atoms with van der Waals surface area (Å²) in [5, 5.41) is 1.12. The molecule has 3 atom stereocenters. The molecule has 0 saturated carbocycles. The molecule has 7 aromatic rings. The number of hydrogen-bond acceptors (Lipinski definition) is 3. The summed E-state index contributed by atoms with van der Waals surface area (Å²) in [7, 11) is 0. The van der Waals surface area contributed by atoms with Crippen LogP contribution in [0.25, 0.3) is 56.3 Å². The Morgan fingerprint density at radius 2 is 1.41 bits per heavy atom. The minimum Gasteiger partial charge on any atom is -0.333 e. The number of aromatic nitrogens is 3. The Morgan fingerprint density at radius 1 is 0.607 bits per heavy atom. The number of anilines is 2. The number of rotatable bonds is 5. The monoisotopic (exact) mass is 720 g/mol. The lowest BCUT2D eigenvalue weighted by Crippen LogP contribution is -2.35. The summed E-state index contributed by atoms with van der Waals surface area (Å²) in [5.74, 6) is 1.14. The Hall–Kier alpha value is -6.78. The second-order valence-corrected chi connectivity index (χ2v) is 15.1. The first-order valence-corrected chi connectivity index (χ1v) is 19.8. The van der Waals surface area contributed by atoms with E-state index in [2.05, 4.69) is 198 Å². The maximum atomic E-state index is 5.22. The Bertz CT molecular complexity index is 2800. The number of allylic oxidation sites excluding steroid dienone is 7. The van der Waals surface area contributed by atoms with E-state index < -0.39 is 0 Å². The van der Waals surface area contributed by atoms with Crippen molar-refractivity contribution in [2.75, 3.05) is 4.90 Å². The Balaban J connectivity index is 1.00. The van der Waals surface area contributed by atoms with Gasteiger partial charge in [-0.05, 0) is 84.5 Å². The first kappa shape index (κ1) is 32.6. The lowest BCUT2D eigenvalue weighted by Gasteiger charge is -2.36. The molecule has 3 heterocycles. The second-order valence-electron chi connectivity index (χ2n) is 15.1. The molecule has 268 valence electrons. The maximum Gasteiger partial charge on any atom is 0.160 e. The molecule has 56 heavy (non-hydrogen) atoms. The highest BCUT2D eigenvalue weighted by Gasteiger charge is 2.39. The van der Waals surface area contributed by atoms with Crippen LogP contribution in [0.15, 0.2) is 182 Å². The van der Waals surface area contributed by atoms with Gasteiger partial charge in [-0.1, -0.05) is 140 Å². The third kappa shape index (κ3) is 5.36. The molecule has 4 aliphatic rings. The highest BCUT2D eigenvalue weighted by molar-refractivity contribution is 5.91. The standard InChI is InChI=1S/C52H40N4/c1-3-16-36(17-4-1)50-41-22-7-11-26-45(41)53-52(54-50)38-19-15-18-37(34-38)35-30-32-40(33-31-35)55-46-27-12-8-23-42(46)49-43-24-9-13-28-47(43)56(39-20-5-2-6-21-39)51(49)44-25-10-14-29-48(44)55/h1-8,10-16,18-23,25-34,36,44,48H,9,17,24H2/t36?,44-,48?/m0/s1. The average molecular weight is 721 g/mol. The van der Waals surface area contributed by atoms with E-state index in [1.165, 1.54) is 45.1 Å². The number of hydrogen-bond donors (Lipinski definition) is 0. The summed E-state index contributed by atoms with van der Waals surface area (Å²) in [6, 6.07) is 46.3. The van der Waals surface area contributed by atoms with Crippen LogP contribution in [0.2, 0.25) is 0 Å². The number of fused-ring (bicyclic) bond motifs is 8. The van der Waals surface area contributed by atoms with Crippen molar-refractivity contribution in [3.05, 3.63) is 205 Å². The quantitative estimate of drug-likeness (QED) is 0.178. The third-order valence-electron chi connectivity index (χ3n) is 11.9. The van der Waals surface area contributed by atoms with E-state index in [0.29, 0.717) is 0 Å². The highest BCUT2D eigenvalue weighted by Crippen LogP contribution is 2.52. The molecule has 4 heteroatoms. The van der Waals surface area contributed by atoms with Crippen molar-refractivity contribution in [2.24, 2.45) is 0 Å². The molecule has 0 spiro atoms. The van der Waals surface area contributed by atoms with Gasteiger partial charge >= 0.3 is 0 Å². The van der Waals surface area contributed by atoms with Gasteiger partial charge in [0.1, 0.15) is 0 Å². The number of benzene rings is 5. The maximum absolute atomic E-state index is 5.22. The minimum absolute atomic E-state index is 0.0909. The topological polar surface area (TPSA) is 34.0 Å². The second kappa shape index (κ2) is 13.5. The molecule has 4 nitrogen and oxygen atoms in total. The highest BCUT2D eigenvalue weighted by atomic mass is 15.2. The first-order valence-electron chi connectivity index (χ1n) is 19.8. The van der Waals surface area contributed by atoms with E-state index >= 15 is 0 Å². The van der Waals surface area contributed by atoms with E-state index in [-0.39, 0.29) is 17.9 Å². The van der Waals surface area contributed by atoms with E-state index in [9.17, 15) is 0 Å². The molecule has 1 aliphatic heterocycles. The zero-order valence-electron chi connectivity index (χ0n) is 31.0. The van der Waals surface area contributed by atoms with Crippen molar-refractivity contribution in [3.63, 3.8) is 0 Å². The van der Waals surface area contributed by atoms with Gasteiger partial charge < -0.3 is 9.47 Å². The van der Waals surface area contributed by atoms with Gasteiger partial charge in [0, 0.05) is 62.4 Å². The van der Waals surface area contributed by atoms with Gasteiger partial charge in [-0.25, -0.2) is 9.97 Å². The summed E-state index contributed by atoms with van der Waals surface area (Å²) < 4.78 is 2.54.